The number of carbonyl (C=O) groups is 1. The molecule has 0 aromatic heterocycles. The standard InChI is InChI=1S/C13H18N4O/c1-3-6-17(9-13(18)16-2)12-5-4-10(8-14)7-11(12)15/h4-5,7H,3,6,9,15H2,1-2H3,(H,16,18). The lowest BCUT2D eigenvalue weighted by Crippen LogP contribution is -2.36. The number of amides is 1. The van der Waals surface area contributed by atoms with Gasteiger partial charge >= 0.3 is 0 Å². The van der Waals surface area contributed by atoms with Crippen molar-refractivity contribution in [2.24, 2.45) is 0 Å². The summed E-state index contributed by atoms with van der Waals surface area (Å²) >= 11 is 0. The van der Waals surface area contributed by atoms with Crippen LogP contribution in [0.5, 0.6) is 0 Å². The largest absolute Gasteiger partial charge is 0.397 e. The first-order valence-electron chi connectivity index (χ1n) is 5.87. The van der Waals surface area contributed by atoms with E-state index >= 15 is 0 Å². The molecule has 0 bridgehead atoms. The predicted molar refractivity (Wildman–Crippen MR) is 72.1 cm³/mol. The second-order valence-corrected chi connectivity index (χ2v) is 3.98. The van der Waals surface area contributed by atoms with Gasteiger partial charge in [0.1, 0.15) is 0 Å². The van der Waals surface area contributed by atoms with Crippen molar-refractivity contribution in [2.75, 3.05) is 30.8 Å². The van der Waals surface area contributed by atoms with Gasteiger partial charge in [-0.3, -0.25) is 4.79 Å². The van der Waals surface area contributed by atoms with Gasteiger partial charge in [-0.2, -0.15) is 5.26 Å². The van der Waals surface area contributed by atoms with Gasteiger partial charge in [-0.1, -0.05) is 6.92 Å². The molecule has 0 fully saturated rings. The molecule has 0 saturated heterocycles. The van der Waals surface area contributed by atoms with E-state index in [0.717, 1.165) is 18.7 Å². The highest BCUT2D eigenvalue weighted by Crippen LogP contribution is 2.24. The van der Waals surface area contributed by atoms with Crippen molar-refractivity contribution >= 4 is 17.3 Å². The molecule has 3 N–H and O–H groups in total. The summed E-state index contributed by atoms with van der Waals surface area (Å²) in [7, 11) is 1.61. The average molecular weight is 246 g/mol. The summed E-state index contributed by atoms with van der Waals surface area (Å²) in [4.78, 5) is 13.4. The molecule has 0 radical (unpaired) electrons. The Bertz CT molecular complexity index is 465. The van der Waals surface area contributed by atoms with Gasteiger partial charge < -0.3 is 16.0 Å². The number of hydrogen-bond acceptors (Lipinski definition) is 4. The number of nitrogens with zero attached hydrogens (tertiary/aromatic N) is 2. The number of nitrogen functional groups attached to an aromatic ring is 1. The van der Waals surface area contributed by atoms with E-state index in [1.165, 1.54) is 0 Å². The van der Waals surface area contributed by atoms with E-state index in [1.54, 1.807) is 25.2 Å². The van der Waals surface area contributed by atoms with E-state index in [1.807, 2.05) is 17.9 Å². The number of nitrogens with two attached hydrogens (primary N) is 1. The molecule has 0 heterocycles. The molecule has 18 heavy (non-hydrogen) atoms. The van der Waals surface area contributed by atoms with E-state index < -0.39 is 0 Å². The zero-order valence-electron chi connectivity index (χ0n) is 10.7. The van der Waals surface area contributed by atoms with E-state index in [0.29, 0.717) is 11.3 Å². The van der Waals surface area contributed by atoms with Crippen molar-refractivity contribution in [3.05, 3.63) is 23.8 Å². The molecular weight excluding hydrogens is 228 g/mol. The number of nitrogens with one attached hydrogen (secondary N) is 1. The minimum atomic E-state index is -0.0628. The molecule has 96 valence electrons. The number of likely N-dealkylation sites (N-methyl/N-ethyl adjacent to an activating group) is 1. The van der Waals surface area contributed by atoms with Crippen molar-refractivity contribution in [3.8, 4) is 6.07 Å². The van der Waals surface area contributed by atoms with E-state index in [9.17, 15) is 4.79 Å². The maximum Gasteiger partial charge on any atom is 0.239 e. The van der Waals surface area contributed by atoms with Gasteiger partial charge in [0.2, 0.25) is 5.91 Å². The van der Waals surface area contributed by atoms with E-state index in [-0.39, 0.29) is 12.5 Å². The second-order valence-electron chi connectivity index (χ2n) is 3.98. The Kier molecular flexibility index (Phi) is 5.00. The molecule has 5 nitrogen and oxygen atoms in total. The van der Waals surface area contributed by atoms with Gasteiger partial charge in [-0.25, -0.2) is 0 Å². The van der Waals surface area contributed by atoms with Crippen LogP contribution in [0, 0.1) is 11.3 Å². The van der Waals surface area contributed by atoms with Crippen LogP contribution in [-0.2, 0) is 4.79 Å². The summed E-state index contributed by atoms with van der Waals surface area (Å²) < 4.78 is 0. The Morgan fingerprint density at radius 2 is 2.28 bits per heavy atom. The molecule has 1 aromatic carbocycles. The zero-order valence-corrected chi connectivity index (χ0v) is 10.7. The first-order valence-corrected chi connectivity index (χ1v) is 5.87. The van der Waals surface area contributed by atoms with E-state index in [4.69, 9.17) is 11.0 Å². The van der Waals surface area contributed by atoms with Crippen LogP contribution in [0.25, 0.3) is 0 Å². The molecule has 1 rings (SSSR count). The Labute approximate surface area is 107 Å². The number of anilines is 2. The van der Waals surface area contributed by atoms with Crippen LogP contribution >= 0.6 is 0 Å². The molecule has 5 heteroatoms. The van der Waals surface area contributed by atoms with Gasteiger partial charge in [0.25, 0.3) is 0 Å². The summed E-state index contributed by atoms with van der Waals surface area (Å²) in [5, 5.41) is 11.4. The fourth-order valence-corrected chi connectivity index (χ4v) is 1.72. The first-order chi connectivity index (χ1) is 8.62. The Morgan fingerprint density at radius 1 is 1.56 bits per heavy atom. The lowest BCUT2D eigenvalue weighted by molar-refractivity contribution is -0.119. The highest BCUT2D eigenvalue weighted by molar-refractivity contribution is 5.83. The number of benzene rings is 1. The topological polar surface area (TPSA) is 82.2 Å². The van der Waals surface area contributed by atoms with Crippen molar-refractivity contribution in [2.45, 2.75) is 13.3 Å². The number of rotatable bonds is 5. The SMILES string of the molecule is CCCN(CC(=O)NC)c1ccc(C#N)cc1N. The third-order valence-corrected chi connectivity index (χ3v) is 2.60. The first kappa shape index (κ1) is 13.8. The molecule has 0 atom stereocenters. The molecule has 0 aliphatic heterocycles. The third kappa shape index (κ3) is 3.39. The summed E-state index contributed by atoms with van der Waals surface area (Å²) in [6, 6.07) is 7.16. The van der Waals surface area contributed by atoms with Crippen LogP contribution in [0.15, 0.2) is 18.2 Å². The lowest BCUT2D eigenvalue weighted by Gasteiger charge is -2.24. The smallest absolute Gasteiger partial charge is 0.239 e. The highest BCUT2D eigenvalue weighted by atomic mass is 16.1. The molecule has 1 amide bonds. The Morgan fingerprint density at radius 3 is 2.78 bits per heavy atom. The van der Waals surface area contributed by atoms with Crippen LogP contribution in [-0.4, -0.2) is 26.0 Å². The van der Waals surface area contributed by atoms with Crippen LogP contribution in [0.3, 0.4) is 0 Å². The van der Waals surface area contributed by atoms with Crippen molar-refractivity contribution in [1.29, 1.82) is 5.26 Å². The van der Waals surface area contributed by atoms with Crippen LogP contribution in [0.1, 0.15) is 18.9 Å². The minimum Gasteiger partial charge on any atom is -0.397 e. The van der Waals surface area contributed by atoms with Crippen LogP contribution in [0.2, 0.25) is 0 Å². The normalized spacial score (nSPS) is 9.61. The van der Waals surface area contributed by atoms with Gasteiger partial charge in [0.05, 0.1) is 29.6 Å². The molecular formula is C13H18N4O. The molecule has 0 aliphatic carbocycles. The zero-order chi connectivity index (χ0) is 13.5. The van der Waals surface area contributed by atoms with Gasteiger partial charge in [0, 0.05) is 13.6 Å². The van der Waals surface area contributed by atoms with Gasteiger partial charge in [0.15, 0.2) is 0 Å². The fraction of sp³-hybridized carbons (Fsp3) is 0.385. The summed E-state index contributed by atoms with van der Waals surface area (Å²) in [6.45, 7) is 3.04. The van der Waals surface area contributed by atoms with Gasteiger partial charge in [-0.05, 0) is 24.6 Å². The molecule has 0 unspecified atom stereocenters. The van der Waals surface area contributed by atoms with Crippen LogP contribution in [0.4, 0.5) is 11.4 Å². The van der Waals surface area contributed by atoms with Crippen molar-refractivity contribution in [1.82, 2.24) is 5.32 Å². The fourth-order valence-electron chi connectivity index (χ4n) is 1.72. The Balaban J connectivity index is 2.98. The van der Waals surface area contributed by atoms with Gasteiger partial charge in [-0.15, -0.1) is 0 Å². The second kappa shape index (κ2) is 6.50. The number of nitriles is 1. The summed E-state index contributed by atoms with van der Waals surface area (Å²) in [5.41, 5.74) is 7.75. The monoisotopic (exact) mass is 246 g/mol. The molecule has 0 aliphatic rings. The summed E-state index contributed by atoms with van der Waals surface area (Å²) in [6.07, 6.45) is 0.913. The highest BCUT2D eigenvalue weighted by Gasteiger charge is 2.12. The minimum absolute atomic E-state index is 0.0628. The number of carbonyl (C=O) groups excluding carboxylic acids is 1. The molecule has 0 spiro atoms. The van der Waals surface area contributed by atoms with Crippen molar-refractivity contribution < 1.29 is 4.79 Å². The maximum atomic E-state index is 11.5. The Hall–Kier alpha value is -2.22. The quantitative estimate of drug-likeness (QED) is 0.762. The molecule has 1 aromatic rings. The maximum absolute atomic E-state index is 11.5. The van der Waals surface area contributed by atoms with E-state index in [2.05, 4.69) is 5.32 Å². The molecule has 0 saturated carbocycles. The summed E-state index contributed by atoms with van der Waals surface area (Å²) in [5.74, 6) is -0.0628. The third-order valence-electron chi connectivity index (χ3n) is 2.60. The number of hydrogen-bond donors (Lipinski definition) is 2. The average Bonchev–Trinajstić information content (AvgIpc) is 2.38. The predicted octanol–water partition coefficient (Wildman–Crippen LogP) is 1.10. The van der Waals surface area contributed by atoms with Crippen molar-refractivity contribution in [3.63, 3.8) is 0 Å². The van der Waals surface area contributed by atoms with Crippen LogP contribution < -0.4 is 16.0 Å². The lowest BCUT2D eigenvalue weighted by atomic mass is 10.1.